The fourth-order valence-electron chi connectivity index (χ4n) is 2.88. The predicted molar refractivity (Wildman–Crippen MR) is 66.8 cm³/mol. The number of hydrogen-bond donors (Lipinski definition) is 1. The number of rotatable bonds is 2. The normalized spacial score (nSPS) is 25.3. The highest BCUT2D eigenvalue weighted by atomic mass is 32.2. The topological polar surface area (TPSA) is 60.2 Å². The number of sulfone groups is 1. The Hall–Kier alpha value is -0.870. The van der Waals surface area contributed by atoms with Crippen LogP contribution in [0.25, 0.3) is 0 Å². The van der Waals surface area contributed by atoms with Gasteiger partial charge in [0, 0.05) is 11.5 Å². The van der Waals surface area contributed by atoms with Crippen molar-refractivity contribution >= 4 is 9.84 Å². The molecule has 3 nitrogen and oxygen atoms in total. The molecular weight excluding hydrogens is 234 g/mol. The number of aryl methyl sites for hydroxylation is 1. The first-order valence-electron chi connectivity index (χ1n) is 6.07. The summed E-state index contributed by atoms with van der Waals surface area (Å²) in [6, 6.07) is 5.93. The molecule has 0 saturated heterocycles. The van der Waals surface area contributed by atoms with E-state index in [9.17, 15) is 8.42 Å². The van der Waals surface area contributed by atoms with Crippen LogP contribution in [0.4, 0.5) is 0 Å². The van der Waals surface area contributed by atoms with E-state index in [4.69, 9.17) is 5.73 Å². The maximum Gasteiger partial charge on any atom is 0.178 e. The average Bonchev–Trinajstić information content (AvgIpc) is 3.02. The van der Waals surface area contributed by atoms with Crippen LogP contribution in [0.1, 0.15) is 30.9 Å². The summed E-state index contributed by atoms with van der Waals surface area (Å²) in [7, 11) is -3.00. The van der Waals surface area contributed by atoms with Gasteiger partial charge in [-0.2, -0.15) is 0 Å². The van der Waals surface area contributed by atoms with Gasteiger partial charge in [-0.1, -0.05) is 12.1 Å². The molecule has 1 aromatic carbocycles. The van der Waals surface area contributed by atoms with Crippen molar-refractivity contribution in [2.45, 2.75) is 42.5 Å². The Bertz CT molecular complexity index is 571. The minimum Gasteiger partial charge on any atom is -0.327 e. The predicted octanol–water partition coefficient (Wildman–Crippen LogP) is 1.40. The van der Waals surface area contributed by atoms with E-state index < -0.39 is 9.84 Å². The summed E-state index contributed by atoms with van der Waals surface area (Å²) in [6.07, 6.45) is 2.90. The highest BCUT2D eigenvalue weighted by Gasteiger charge is 2.47. The number of benzene rings is 1. The van der Waals surface area contributed by atoms with Crippen LogP contribution in [0.2, 0.25) is 0 Å². The molecule has 1 aliphatic heterocycles. The fourth-order valence-corrected chi connectivity index (χ4v) is 4.43. The van der Waals surface area contributed by atoms with E-state index in [1.807, 2.05) is 13.0 Å². The molecule has 17 heavy (non-hydrogen) atoms. The van der Waals surface area contributed by atoms with Crippen LogP contribution < -0.4 is 5.73 Å². The van der Waals surface area contributed by atoms with Crippen LogP contribution in [-0.2, 0) is 21.7 Å². The molecule has 1 aliphatic carbocycles. The minimum absolute atomic E-state index is 0.112. The average molecular weight is 251 g/mol. The summed E-state index contributed by atoms with van der Waals surface area (Å²) < 4.78 is 23.5. The first kappa shape index (κ1) is 11.2. The summed E-state index contributed by atoms with van der Waals surface area (Å²) in [5.41, 5.74) is 8.36. The Kier molecular flexibility index (Phi) is 2.20. The number of hydrogen-bond acceptors (Lipinski definition) is 3. The van der Waals surface area contributed by atoms with Gasteiger partial charge in [0.25, 0.3) is 0 Å². The second-order valence-corrected chi connectivity index (χ2v) is 7.41. The summed E-state index contributed by atoms with van der Waals surface area (Å²) in [5.74, 6) is 0.261. The second-order valence-electron chi connectivity index (χ2n) is 5.34. The lowest BCUT2D eigenvalue weighted by Crippen LogP contribution is -2.31. The zero-order valence-electron chi connectivity index (χ0n) is 9.94. The van der Waals surface area contributed by atoms with Crippen LogP contribution in [0.15, 0.2) is 23.1 Å². The van der Waals surface area contributed by atoms with Crippen LogP contribution in [-0.4, -0.2) is 20.2 Å². The van der Waals surface area contributed by atoms with Crippen molar-refractivity contribution in [1.29, 1.82) is 0 Å². The molecule has 1 aromatic rings. The lowest BCUT2D eigenvalue weighted by Gasteiger charge is -2.20. The molecule has 4 heteroatoms. The smallest absolute Gasteiger partial charge is 0.178 e. The van der Waals surface area contributed by atoms with Gasteiger partial charge in [-0.15, -0.1) is 0 Å². The van der Waals surface area contributed by atoms with Crippen LogP contribution in [0.3, 0.4) is 0 Å². The molecule has 3 rings (SSSR count). The van der Waals surface area contributed by atoms with E-state index in [2.05, 4.69) is 6.07 Å². The highest BCUT2D eigenvalue weighted by Crippen LogP contribution is 2.51. The Balaban J connectivity index is 2.07. The summed E-state index contributed by atoms with van der Waals surface area (Å²) >= 11 is 0. The summed E-state index contributed by atoms with van der Waals surface area (Å²) in [4.78, 5) is 0.529. The van der Waals surface area contributed by atoms with E-state index in [-0.39, 0.29) is 17.2 Å². The largest absolute Gasteiger partial charge is 0.327 e. The molecule has 0 spiro atoms. The lowest BCUT2D eigenvalue weighted by molar-refractivity contribution is 0.555. The zero-order chi connectivity index (χ0) is 12.3. The quantitative estimate of drug-likeness (QED) is 0.864. The second kappa shape index (κ2) is 3.33. The molecule has 1 saturated carbocycles. The molecule has 2 N–H and O–H groups in total. The van der Waals surface area contributed by atoms with Crippen molar-refractivity contribution in [3.63, 3.8) is 0 Å². The van der Waals surface area contributed by atoms with Crippen LogP contribution in [0, 0.1) is 0 Å². The van der Waals surface area contributed by atoms with E-state index in [0.717, 1.165) is 18.4 Å². The van der Waals surface area contributed by atoms with Crippen molar-refractivity contribution in [3.8, 4) is 0 Å². The van der Waals surface area contributed by atoms with E-state index in [0.29, 0.717) is 11.3 Å². The van der Waals surface area contributed by atoms with Crippen molar-refractivity contribution in [3.05, 3.63) is 29.3 Å². The molecular formula is C13H17NO2S. The monoisotopic (exact) mass is 251 g/mol. The van der Waals surface area contributed by atoms with Crippen molar-refractivity contribution in [2.75, 3.05) is 5.75 Å². The SMILES string of the molecule is CC(N)C1(c2ccc3c(c2)CCS3(=O)=O)CC1. The third kappa shape index (κ3) is 1.54. The summed E-state index contributed by atoms with van der Waals surface area (Å²) in [6.45, 7) is 2.04. The maximum absolute atomic E-state index is 11.7. The molecule has 1 atom stereocenters. The van der Waals surface area contributed by atoms with Gasteiger partial charge in [-0.3, -0.25) is 0 Å². The summed E-state index contributed by atoms with van der Waals surface area (Å²) in [5, 5.41) is 0. The van der Waals surface area contributed by atoms with E-state index >= 15 is 0 Å². The Labute approximate surface area is 102 Å². The van der Waals surface area contributed by atoms with Gasteiger partial charge in [-0.25, -0.2) is 8.42 Å². The molecule has 0 aromatic heterocycles. The Morgan fingerprint density at radius 2 is 2.06 bits per heavy atom. The standard InChI is InChI=1S/C13H17NO2S/c1-9(14)13(5-6-13)11-2-3-12-10(8-11)4-7-17(12,15)16/h2-3,8-9H,4-7,14H2,1H3. The molecule has 0 bridgehead atoms. The van der Waals surface area contributed by atoms with Gasteiger partial charge >= 0.3 is 0 Å². The van der Waals surface area contributed by atoms with Gasteiger partial charge in [0.2, 0.25) is 0 Å². The van der Waals surface area contributed by atoms with Crippen LogP contribution >= 0.6 is 0 Å². The fraction of sp³-hybridized carbons (Fsp3) is 0.538. The maximum atomic E-state index is 11.7. The first-order chi connectivity index (χ1) is 7.96. The van der Waals surface area contributed by atoms with Crippen molar-refractivity contribution in [1.82, 2.24) is 0 Å². The third-order valence-corrected chi connectivity index (χ3v) is 6.08. The van der Waals surface area contributed by atoms with Gasteiger partial charge in [0.1, 0.15) is 0 Å². The highest BCUT2D eigenvalue weighted by molar-refractivity contribution is 7.91. The lowest BCUT2D eigenvalue weighted by atomic mass is 9.88. The van der Waals surface area contributed by atoms with Gasteiger partial charge in [0.15, 0.2) is 9.84 Å². The first-order valence-corrected chi connectivity index (χ1v) is 7.73. The van der Waals surface area contributed by atoms with Gasteiger partial charge < -0.3 is 5.73 Å². The van der Waals surface area contributed by atoms with Crippen molar-refractivity contribution in [2.24, 2.45) is 5.73 Å². The molecule has 1 fully saturated rings. The molecule has 0 amide bonds. The molecule has 0 radical (unpaired) electrons. The van der Waals surface area contributed by atoms with E-state index in [1.165, 1.54) is 5.56 Å². The third-order valence-electron chi connectivity index (χ3n) is 4.27. The molecule has 92 valence electrons. The van der Waals surface area contributed by atoms with Crippen molar-refractivity contribution < 1.29 is 8.42 Å². The zero-order valence-corrected chi connectivity index (χ0v) is 10.8. The van der Waals surface area contributed by atoms with Gasteiger partial charge in [0.05, 0.1) is 10.6 Å². The van der Waals surface area contributed by atoms with E-state index in [1.54, 1.807) is 6.07 Å². The molecule has 1 heterocycles. The number of nitrogens with two attached hydrogens (primary N) is 1. The Morgan fingerprint density at radius 3 is 2.65 bits per heavy atom. The molecule has 1 unspecified atom stereocenters. The minimum atomic E-state index is -3.00. The van der Waals surface area contributed by atoms with Gasteiger partial charge in [-0.05, 0) is 43.4 Å². The Morgan fingerprint density at radius 1 is 1.35 bits per heavy atom. The molecule has 2 aliphatic rings. The van der Waals surface area contributed by atoms with Crippen LogP contribution in [0.5, 0.6) is 0 Å². The number of fused-ring (bicyclic) bond motifs is 1.